The van der Waals surface area contributed by atoms with Gasteiger partial charge in [0.25, 0.3) is 0 Å². The van der Waals surface area contributed by atoms with Crippen molar-refractivity contribution in [3.63, 3.8) is 0 Å². The molecule has 17 heavy (non-hydrogen) atoms. The van der Waals surface area contributed by atoms with Gasteiger partial charge in [0.15, 0.2) is 11.5 Å². The number of hydrogen-bond donors (Lipinski definition) is 0. The molecular weight excluding hydrogens is 214 g/mol. The van der Waals surface area contributed by atoms with Crippen LogP contribution < -0.4 is 9.47 Å². The molecule has 1 heterocycles. The fourth-order valence-electron chi connectivity index (χ4n) is 2.31. The number of nitrogens with zero attached hydrogens (tertiary/aromatic N) is 1. The van der Waals surface area contributed by atoms with Crippen LogP contribution in [-0.2, 0) is 0 Å². The number of benzene rings is 1. The molecule has 0 unspecified atom stereocenters. The molecule has 0 N–H and O–H groups in total. The molecule has 1 aliphatic rings. The number of fused-ring (bicyclic) bond motifs is 1. The van der Waals surface area contributed by atoms with Crippen LogP contribution in [0, 0.1) is 0 Å². The molecule has 3 nitrogen and oxygen atoms in total. The molecule has 0 aromatic heterocycles. The summed E-state index contributed by atoms with van der Waals surface area (Å²) in [4.78, 5) is 2.39. The SMILES string of the molecule is CCN(CC)[C@H](C)[C@H]1COc2ccccc2O1. The number of likely N-dealkylation sites (N-methyl/N-ethyl adjacent to an activating group) is 1. The minimum atomic E-state index is 0.116. The van der Waals surface area contributed by atoms with Crippen molar-refractivity contribution in [3.05, 3.63) is 24.3 Å². The van der Waals surface area contributed by atoms with Gasteiger partial charge in [-0.05, 0) is 32.1 Å². The van der Waals surface area contributed by atoms with Gasteiger partial charge in [-0.2, -0.15) is 0 Å². The monoisotopic (exact) mass is 235 g/mol. The second kappa shape index (κ2) is 5.41. The lowest BCUT2D eigenvalue weighted by Crippen LogP contribution is -2.48. The van der Waals surface area contributed by atoms with E-state index < -0.39 is 0 Å². The van der Waals surface area contributed by atoms with Gasteiger partial charge in [-0.1, -0.05) is 26.0 Å². The third kappa shape index (κ3) is 2.55. The van der Waals surface area contributed by atoms with Gasteiger partial charge in [0.05, 0.1) is 0 Å². The zero-order valence-corrected chi connectivity index (χ0v) is 10.8. The van der Waals surface area contributed by atoms with Gasteiger partial charge in [0.2, 0.25) is 0 Å². The van der Waals surface area contributed by atoms with Crippen molar-refractivity contribution < 1.29 is 9.47 Å². The van der Waals surface area contributed by atoms with Gasteiger partial charge in [-0.15, -0.1) is 0 Å². The van der Waals surface area contributed by atoms with E-state index in [1.54, 1.807) is 0 Å². The van der Waals surface area contributed by atoms with Gasteiger partial charge in [-0.3, -0.25) is 4.90 Å². The zero-order valence-electron chi connectivity index (χ0n) is 10.8. The summed E-state index contributed by atoms with van der Waals surface area (Å²) < 4.78 is 11.8. The lowest BCUT2D eigenvalue weighted by Gasteiger charge is -2.36. The van der Waals surface area contributed by atoms with Gasteiger partial charge >= 0.3 is 0 Å². The van der Waals surface area contributed by atoms with Gasteiger partial charge in [-0.25, -0.2) is 0 Å². The number of ether oxygens (including phenoxy) is 2. The van der Waals surface area contributed by atoms with E-state index in [-0.39, 0.29) is 6.10 Å². The van der Waals surface area contributed by atoms with Crippen LogP contribution in [0.1, 0.15) is 20.8 Å². The summed E-state index contributed by atoms with van der Waals surface area (Å²) in [5.41, 5.74) is 0. The molecule has 0 saturated heterocycles. The molecule has 1 aliphatic heterocycles. The molecule has 2 atom stereocenters. The van der Waals surface area contributed by atoms with Crippen molar-refractivity contribution in [3.8, 4) is 11.5 Å². The van der Waals surface area contributed by atoms with Crippen LogP contribution >= 0.6 is 0 Å². The normalized spacial score (nSPS) is 20.4. The summed E-state index contributed by atoms with van der Waals surface area (Å²) >= 11 is 0. The Morgan fingerprint density at radius 2 is 1.88 bits per heavy atom. The van der Waals surface area contributed by atoms with Crippen LogP contribution in [-0.4, -0.2) is 36.7 Å². The highest BCUT2D eigenvalue weighted by molar-refractivity contribution is 5.40. The molecule has 0 aliphatic carbocycles. The lowest BCUT2D eigenvalue weighted by atomic mass is 10.1. The highest BCUT2D eigenvalue weighted by atomic mass is 16.6. The van der Waals surface area contributed by atoms with E-state index in [2.05, 4.69) is 25.7 Å². The minimum absolute atomic E-state index is 0.116. The number of para-hydroxylation sites is 2. The molecule has 1 aromatic carbocycles. The molecular formula is C14H21NO2. The Kier molecular flexibility index (Phi) is 3.89. The Hall–Kier alpha value is -1.22. The van der Waals surface area contributed by atoms with E-state index in [9.17, 15) is 0 Å². The van der Waals surface area contributed by atoms with Crippen molar-refractivity contribution in [2.45, 2.75) is 32.9 Å². The Labute approximate surface area is 103 Å². The Balaban J connectivity index is 2.07. The Bertz CT molecular complexity index is 363. The van der Waals surface area contributed by atoms with E-state index in [4.69, 9.17) is 9.47 Å². The first kappa shape index (κ1) is 12.2. The quantitative estimate of drug-likeness (QED) is 0.800. The molecule has 0 spiro atoms. The lowest BCUT2D eigenvalue weighted by molar-refractivity contribution is 0.0241. The van der Waals surface area contributed by atoms with Gasteiger partial charge < -0.3 is 9.47 Å². The summed E-state index contributed by atoms with van der Waals surface area (Å²) in [6, 6.07) is 8.24. The predicted octanol–water partition coefficient (Wildman–Crippen LogP) is 2.56. The maximum Gasteiger partial charge on any atom is 0.161 e. The minimum Gasteiger partial charge on any atom is -0.486 e. The summed E-state index contributed by atoms with van der Waals surface area (Å²) in [5.74, 6) is 1.72. The maximum absolute atomic E-state index is 6.01. The standard InChI is InChI=1S/C14H21NO2/c1-4-15(5-2)11(3)14-10-16-12-8-6-7-9-13(12)17-14/h6-9,11,14H,4-5,10H2,1-3H3/t11-,14-/m1/s1. The fourth-order valence-corrected chi connectivity index (χ4v) is 2.31. The van der Waals surface area contributed by atoms with Crippen molar-refractivity contribution in [1.29, 1.82) is 0 Å². The third-order valence-corrected chi connectivity index (χ3v) is 3.46. The molecule has 0 radical (unpaired) electrons. The first-order valence-electron chi connectivity index (χ1n) is 6.38. The highest BCUT2D eigenvalue weighted by Crippen LogP contribution is 2.32. The average molecular weight is 235 g/mol. The summed E-state index contributed by atoms with van der Waals surface area (Å²) in [6.07, 6.45) is 0.116. The third-order valence-electron chi connectivity index (χ3n) is 3.46. The van der Waals surface area contributed by atoms with Crippen LogP contribution in [0.2, 0.25) is 0 Å². The van der Waals surface area contributed by atoms with E-state index in [0.29, 0.717) is 12.6 Å². The molecule has 0 saturated carbocycles. The highest BCUT2D eigenvalue weighted by Gasteiger charge is 2.28. The van der Waals surface area contributed by atoms with E-state index in [0.717, 1.165) is 24.6 Å². The molecule has 0 amide bonds. The van der Waals surface area contributed by atoms with Gasteiger partial charge in [0.1, 0.15) is 12.7 Å². The Morgan fingerprint density at radius 3 is 2.53 bits per heavy atom. The first-order chi connectivity index (χ1) is 8.26. The van der Waals surface area contributed by atoms with Crippen molar-refractivity contribution in [2.75, 3.05) is 19.7 Å². The molecule has 0 fully saturated rings. The predicted molar refractivity (Wildman–Crippen MR) is 68.7 cm³/mol. The smallest absolute Gasteiger partial charge is 0.161 e. The van der Waals surface area contributed by atoms with Crippen LogP contribution in [0.5, 0.6) is 11.5 Å². The summed E-state index contributed by atoms with van der Waals surface area (Å²) in [5, 5.41) is 0. The molecule has 0 bridgehead atoms. The second-order valence-corrected chi connectivity index (χ2v) is 4.38. The molecule has 3 heteroatoms. The molecule has 94 valence electrons. The van der Waals surface area contributed by atoms with Crippen LogP contribution in [0.15, 0.2) is 24.3 Å². The van der Waals surface area contributed by atoms with Crippen LogP contribution in [0.4, 0.5) is 0 Å². The van der Waals surface area contributed by atoms with Crippen LogP contribution in [0.25, 0.3) is 0 Å². The van der Waals surface area contributed by atoms with E-state index in [1.807, 2.05) is 24.3 Å². The average Bonchev–Trinajstić information content (AvgIpc) is 2.39. The Morgan fingerprint density at radius 1 is 1.24 bits per heavy atom. The topological polar surface area (TPSA) is 21.7 Å². The first-order valence-corrected chi connectivity index (χ1v) is 6.38. The van der Waals surface area contributed by atoms with Crippen molar-refractivity contribution in [1.82, 2.24) is 4.90 Å². The largest absolute Gasteiger partial charge is 0.486 e. The molecule has 2 rings (SSSR count). The van der Waals surface area contributed by atoms with E-state index >= 15 is 0 Å². The summed E-state index contributed by atoms with van der Waals surface area (Å²) in [7, 11) is 0. The number of hydrogen-bond acceptors (Lipinski definition) is 3. The maximum atomic E-state index is 6.01. The fraction of sp³-hybridized carbons (Fsp3) is 0.571. The van der Waals surface area contributed by atoms with Gasteiger partial charge in [0, 0.05) is 6.04 Å². The van der Waals surface area contributed by atoms with Crippen LogP contribution in [0.3, 0.4) is 0 Å². The second-order valence-electron chi connectivity index (χ2n) is 4.38. The van der Waals surface area contributed by atoms with E-state index in [1.165, 1.54) is 0 Å². The summed E-state index contributed by atoms with van der Waals surface area (Å²) in [6.45, 7) is 9.28. The van der Waals surface area contributed by atoms with Crippen molar-refractivity contribution in [2.24, 2.45) is 0 Å². The molecule has 1 aromatic rings. The zero-order chi connectivity index (χ0) is 12.3. The van der Waals surface area contributed by atoms with Crippen molar-refractivity contribution >= 4 is 0 Å². The number of rotatable bonds is 4.